The molecule has 0 aliphatic heterocycles. The molecule has 1 aliphatic carbocycles. The van der Waals surface area contributed by atoms with Gasteiger partial charge in [-0.1, -0.05) is 35.3 Å². The molecular weight excluding hydrogens is 373 g/mol. The molecule has 0 spiro atoms. The third-order valence-corrected chi connectivity index (χ3v) is 4.85. The second kappa shape index (κ2) is 8.65. The van der Waals surface area contributed by atoms with Gasteiger partial charge in [-0.15, -0.1) is 0 Å². The molecule has 2 aromatic rings. The molecule has 0 unspecified atom stereocenters. The lowest BCUT2D eigenvalue weighted by atomic mass is 10.1. The van der Waals surface area contributed by atoms with Gasteiger partial charge in [0.25, 0.3) is 0 Å². The fourth-order valence-electron chi connectivity index (χ4n) is 2.66. The van der Waals surface area contributed by atoms with Crippen LogP contribution in [0.2, 0.25) is 10.0 Å². The molecule has 0 amide bonds. The van der Waals surface area contributed by atoms with Crippen molar-refractivity contribution in [1.82, 2.24) is 0 Å². The smallest absolute Gasteiger partial charge is 0.303 e. The minimum Gasteiger partial charge on any atom is -0.486 e. The highest BCUT2D eigenvalue weighted by Gasteiger charge is 2.20. The van der Waals surface area contributed by atoms with Crippen LogP contribution in [0.4, 0.5) is 5.69 Å². The Bertz CT molecular complexity index is 767. The number of carbonyl (C=O) groups is 1. The summed E-state index contributed by atoms with van der Waals surface area (Å²) in [4.78, 5) is 10.7. The number of benzene rings is 2. The van der Waals surface area contributed by atoms with Crippen LogP contribution in [0.5, 0.6) is 5.75 Å². The molecule has 1 fully saturated rings. The van der Waals surface area contributed by atoms with E-state index < -0.39 is 5.97 Å². The number of carboxylic acid groups (broad SMARTS) is 1. The molecule has 0 atom stereocenters. The summed E-state index contributed by atoms with van der Waals surface area (Å²) >= 11 is 12.5. The first-order valence-electron chi connectivity index (χ1n) is 8.66. The largest absolute Gasteiger partial charge is 0.486 e. The lowest BCUT2D eigenvalue weighted by Crippen LogP contribution is -2.04. The van der Waals surface area contributed by atoms with Crippen LogP contribution in [0, 0.1) is 5.92 Å². The van der Waals surface area contributed by atoms with Crippen molar-refractivity contribution >= 4 is 34.9 Å². The molecule has 0 bridgehead atoms. The van der Waals surface area contributed by atoms with Crippen LogP contribution in [0.1, 0.15) is 30.4 Å². The molecular formula is C20H21Cl2NO3. The van der Waals surface area contributed by atoms with Crippen molar-refractivity contribution in [3.05, 3.63) is 57.6 Å². The zero-order chi connectivity index (χ0) is 18.5. The maximum absolute atomic E-state index is 10.7. The standard InChI is InChI=1S/C20H21Cl2NO3/c21-17-9-14(6-7-19(24)25)10-18(22)20(17)26-12-15-2-1-3-16(8-15)23-11-13-4-5-13/h1-3,8-10,13,23H,4-7,11-12H2,(H,24,25). The molecule has 138 valence electrons. The number of ether oxygens (including phenoxy) is 1. The number of aliphatic carboxylic acids is 1. The van der Waals surface area contributed by atoms with Crippen molar-refractivity contribution < 1.29 is 14.6 Å². The van der Waals surface area contributed by atoms with E-state index in [2.05, 4.69) is 11.4 Å². The average Bonchev–Trinajstić information content (AvgIpc) is 3.42. The molecule has 26 heavy (non-hydrogen) atoms. The molecule has 1 aliphatic rings. The first kappa shape index (κ1) is 18.9. The zero-order valence-corrected chi connectivity index (χ0v) is 15.8. The van der Waals surface area contributed by atoms with Gasteiger partial charge in [-0.2, -0.15) is 0 Å². The van der Waals surface area contributed by atoms with Gasteiger partial charge in [0.05, 0.1) is 10.0 Å². The van der Waals surface area contributed by atoms with Crippen LogP contribution in [0.15, 0.2) is 36.4 Å². The van der Waals surface area contributed by atoms with Crippen LogP contribution in [0.3, 0.4) is 0 Å². The fourth-order valence-corrected chi connectivity index (χ4v) is 3.30. The molecule has 0 aromatic heterocycles. The van der Waals surface area contributed by atoms with E-state index in [1.54, 1.807) is 12.1 Å². The Balaban J connectivity index is 1.61. The normalized spacial score (nSPS) is 13.5. The zero-order valence-electron chi connectivity index (χ0n) is 14.3. The third kappa shape index (κ3) is 5.55. The maximum atomic E-state index is 10.7. The predicted molar refractivity (Wildman–Crippen MR) is 104 cm³/mol. The van der Waals surface area contributed by atoms with Crippen LogP contribution >= 0.6 is 23.2 Å². The summed E-state index contributed by atoms with van der Waals surface area (Å²) in [5, 5.41) is 13.0. The molecule has 6 heteroatoms. The Labute approximate surface area is 163 Å². The number of carboxylic acids is 1. The highest BCUT2D eigenvalue weighted by Crippen LogP contribution is 2.35. The van der Waals surface area contributed by atoms with Gasteiger partial charge in [0, 0.05) is 18.7 Å². The molecule has 4 nitrogen and oxygen atoms in total. The number of hydrogen-bond acceptors (Lipinski definition) is 3. The van der Waals surface area contributed by atoms with Crippen LogP contribution in [-0.4, -0.2) is 17.6 Å². The third-order valence-electron chi connectivity index (χ3n) is 4.29. The maximum Gasteiger partial charge on any atom is 0.303 e. The Morgan fingerprint density at radius 2 is 1.88 bits per heavy atom. The molecule has 3 rings (SSSR count). The van der Waals surface area contributed by atoms with E-state index in [4.69, 9.17) is 33.0 Å². The first-order valence-corrected chi connectivity index (χ1v) is 9.42. The van der Waals surface area contributed by atoms with Crippen molar-refractivity contribution in [1.29, 1.82) is 0 Å². The Kier molecular flexibility index (Phi) is 6.28. The number of hydrogen-bond donors (Lipinski definition) is 2. The van der Waals surface area contributed by atoms with Gasteiger partial charge in [0.1, 0.15) is 6.61 Å². The number of aryl methyl sites for hydroxylation is 1. The highest BCUT2D eigenvalue weighted by molar-refractivity contribution is 6.37. The van der Waals surface area contributed by atoms with Crippen LogP contribution in [0.25, 0.3) is 0 Å². The molecule has 0 heterocycles. The molecule has 0 radical (unpaired) electrons. The van der Waals surface area contributed by atoms with E-state index in [0.29, 0.717) is 28.8 Å². The summed E-state index contributed by atoms with van der Waals surface area (Å²) in [5.74, 6) is 0.378. The first-order chi connectivity index (χ1) is 12.5. The van der Waals surface area contributed by atoms with E-state index in [1.165, 1.54) is 12.8 Å². The number of nitrogens with one attached hydrogen (secondary N) is 1. The van der Waals surface area contributed by atoms with Gasteiger partial charge >= 0.3 is 5.97 Å². The average molecular weight is 394 g/mol. The van der Waals surface area contributed by atoms with E-state index in [1.807, 2.05) is 18.2 Å². The molecule has 2 aromatic carbocycles. The predicted octanol–water partition coefficient (Wildman–Crippen LogP) is 5.41. The van der Waals surface area contributed by atoms with E-state index in [-0.39, 0.29) is 6.42 Å². The van der Waals surface area contributed by atoms with E-state index in [0.717, 1.165) is 29.3 Å². The quantitative estimate of drug-likeness (QED) is 0.597. The Morgan fingerprint density at radius 1 is 1.15 bits per heavy atom. The monoisotopic (exact) mass is 393 g/mol. The summed E-state index contributed by atoms with van der Waals surface area (Å²) in [5.41, 5.74) is 2.88. The lowest BCUT2D eigenvalue weighted by molar-refractivity contribution is -0.136. The Hall–Kier alpha value is -1.91. The van der Waals surface area contributed by atoms with Gasteiger partial charge in [0.2, 0.25) is 0 Å². The van der Waals surface area contributed by atoms with Crippen molar-refractivity contribution in [2.45, 2.75) is 32.3 Å². The van der Waals surface area contributed by atoms with Gasteiger partial charge in [-0.05, 0) is 60.6 Å². The summed E-state index contributed by atoms with van der Waals surface area (Å²) in [7, 11) is 0. The molecule has 1 saturated carbocycles. The van der Waals surface area contributed by atoms with Crippen molar-refractivity contribution in [3.63, 3.8) is 0 Å². The highest BCUT2D eigenvalue weighted by atomic mass is 35.5. The summed E-state index contributed by atoms with van der Waals surface area (Å²) in [6, 6.07) is 11.5. The fraction of sp³-hybridized carbons (Fsp3) is 0.350. The van der Waals surface area contributed by atoms with Crippen LogP contribution in [-0.2, 0) is 17.8 Å². The topological polar surface area (TPSA) is 58.6 Å². The van der Waals surface area contributed by atoms with Crippen molar-refractivity contribution in [3.8, 4) is 5.75 Å². The minimum absolute atomic E-state index is 0.0352. The molecule has 2 N–H and O–H groups in total. The number of rotatable bonds is 9. The minimum atomic E-state index is -0.854. The second-order valence-electron chi connectivity index (χ2n) is 6.60. The lowest BCUT2D eigenvalue weighted by Gasteiger charge is -2.13. The van der Waals surface area contributed by atoms with Crippen molar-refractivity contribution in [2.75, 3.05) is 11.9 Å². The van der Waals surface area contributed by atoms with Gasteiger partial charge < -0.3 is 15.2 Å². The van der Waals surface area contributed by atoms with E-state index >= 15 is 0 Å². The van der Waals surface area contributed by atoms with Gasteiger partial charge in [0.15, 0.2) is 5.75 Å². The van der Waals surface area contributed by atoms with Crippen molar-refractivity contribution in [2.24, 2.45) is 5.92 Å². The number of anilines is 1. The number of halogens is 2. The second-order valence-corrected chi connectivity index (χ2v) is 7.41. The van der Waals surface area contributed by atoms with Crippen LogP contribution < -0.4 is 10.1 Å². The Morgan fingerprint density at radius 3 is 2.54 bits per heavy atom. The van der Waals surface area contributed by atoms with Gasteiger partial charge in [-0.3, -0.25) is 4.79 Å². The van der Waals surface area contributed by atoms with Gasteiger partial charge in [-0.25, -0.2) is 0 Å². The SMILES string of the molecule is O=C(O)CCc1cc(Cl)c(OCc2cccc(NCC3CC3)c2)c(Cl)c1. The summed E-state index contributed by atoms with van der Waals surface area (Å²) < 4.78 is 5.82. The molecule has 0 saturated heterocycles. The summed E-state index contributed by atoms with van der Waals surface area (Å²) in [6.45, 7) is 1.37. The summed E-state index contributed by atoms with van der Waals surface area (Å²) in [6.07, 6.45) is 3.04. The van der Waals surface area contributed by atoms with E-state index in [9.17, 15) is 4.79 Å².